The number of carbonyl (C=O) groups is 1. The van der Waals surface area contributed by atoms with E-state index in [-0.39, 0.29) is 4.81 Å². The summed E-state index contributed by atoms with van der Waals surface area (Å²) in [5.41, 5.74) is 3.68. The molecular formula is C9H22N2OSe. The molecule has 1 amide bonds. The van der Waals surface area contributed by atoms with Crippen LogP contribution in [0.4, 0.5) is 4.79 Å². The van der Waals surface area contributed by atoms with Crippen molar-refractivity contribution in [3.05, 3.63) is 0 Å². The molecule has 0 saturated carbocycles. The molecule has 0 aliphatic carbocycles. The van der Waals surface area contributed by atoms with E-state index in [1.807, 2.05) is 0 Å². The summed E-state index contributed by atoms with van der Waals surface area (Å²) in [6, 6.07) is 0. The average molecular weight is 253 g/mol. The van der Waals surface area contributed by atoms with E-state index in [0.717, 1.165) is 25.9 Å². The summed E-state index contributed by atoms with van der Waals surface area (Å²) in [5.74, 6) is 0. The normalized spacial score (nSPS) is 8.54. The van der Waals surface area contributed by atoms with Gasteiger partial charge in [0.2, 0.25) is 0 Å². The molecule has 0 unspecified atom stereocenters. The summed E-state index contributed by atoms with van der Waals surface area (Å²) in [7, 11) is 0. The number of carbonyl (C=O) groups excluding carboxylic acids is 1. The molecule has 4 heteroatoms. The Morgan fingerprint density at radius 1 is 1.31 bits per heavy atom. The van der Waals surface area contributed by atoms with Gasteiger partial charge in [0.15, 0.2) is 0 Å². The second kappa shape index (κ2) is 14.5. The van der Waals surface area contributed by atoms with E-state index in [2.05, 4.69) is 40.9 Å². The molecule has 0 aromatic carbocycles. The number of quaternary nitrogens is 1. The van der Waals surface area contributed by atoms with E-state index in [1.54, 1.807) is 0 Å². The van der Waals surface area contributed by atoms with E-state index in [4.69, 9.17) is 0 Å². The van der Waals surface area contributed by atoms with Crippen LogP contribution >= 0.6 is 0 Å². The Labute approximate surface area is 89.7 Å². The topological polar surface area (TPSA) is 56.7 Å². The summed E-state index contributed by atoms with van der Waals surface area (Å²) in [5, 5.41) is 2.65. The molecule has 3 nitrogen and oxygen atoms in total. The zero-order valence-corrected chi connectivity index (χ0v) is 10.5. The minimum atomic E-state index is -0.0570. The van der Waals surface area contributed by atoms with Crippen LogP contribution < -0.4 is 11.1 Å². The van der Waals surface area contributed by atoms with Crippen molar-refractivity contribution in [1.29, 1.82) is 0 Å². The summed E-state index contributed by atoms with van der Waals surface area (Å²) < 4.78 is 0. The maximum absolute atomic E-state index is 10.2. The molecule has 0 aliphatic heterocycles. The first kappa shape index (κ1) is 15.4. The van der Waals surface area contributed by atoms with Crippen molar-refractivity contribution in [3.63, 3.8) is 0 Å². The smallest absolute Gasteiger partial charge is 0.0739 e. The van der Waals surface area contributed by atoms with Gasteiger partial charge in [-0.05, 0) is 6.42 Å². The summed E-state index contributed by atoms with van der Waals surface area (Å²) >= 11 is 2.35. The first-order valence-corrected chi connectivity index (χ1v) is 5.78. The summed E-state index contributed by atoms with van der Waals surface area (Å²) in [6.07, 6.45) is 4.75. The molecule has 0 fully saturated rings. The number of hydrogen-bond acceptors (Lipinski definition) is 1. The minimum Gasteiger partial charge on any atom is -0.358 e. The standard InChI is InChI=1S/C5H11NOSe.C4H11N/c1-2-3-4-6-5(7)8;1-2-3-4-5/h2-4H2,1H3,(H2,6,7,8);2-5H2,1H3. The average Bonchev–Trinajstić information content (AvgIpc) is 2.07. The zero-order valence-electron chi connectivity index (χ0n) is 8.77. The van der Waals surface area contributed by atoms with Crippen LogP contribution in [-0.4, -0.2) is 33.9 Å². The minimum absolute atomic E-state index is 0.0570. The molecule has 13 heavy (non-hydrogen) atoms. The first-order chi connectivity index (χ1) is 6.18. The van der Waals surface area contributed by atoms with Crippen molar-refractivity contribution < 1.29 is 10.5 Å². The second-order valence-electron chi connectivity index (χ2n) is 2.77. The second-order valence-corrected chi connectivity index (χ2v) is 3.55. The number of rotatable bonds is 5. The van der Waals surface area contributed by atoms with Gasteiger partial charge in [0.1, 0.15) is 0 Å². The molecule has 0 rings (SSSR count). The SMILES string of the molecule is CCCCNC(=O)[Se-].CCCC[NH3+]. The van der Waals surface area contributed by atoms with Crippen molar-refractivity contribution in [3.8, 4) is 0 Å². The van der Waals surface area contributed by atoms with Gasteiger partial charge in [-0.1, -0.05) is 13.3 Å². The fourth-order valence-corrected chi connectivity index (χ4v) is 0.831. The van der Waals surface area contributed by atoms with Gasteiger partial charge in [-0.3, -0.25) is 0 Å². The largest absolute Gasteiger partial charge is 0.358 e. The zero-order chi connectivity index (χ0) is 10.5. The monoisotopic (exact) mass is 254 g/mol. The Morgan fingerprint density at radius 2 is 1.85 bits per heavy atom. The van der Waals surface area contributed by atoms with E-state index in [1.165, 1.54) is 12.8 Å². The third kappa shape index (κ3) is 24.5. The Balaban J connectivity index is 0. The van der Waals surface area contributed by atoms with Crippen LogP contribution in [-0.2, 0) is 0 Å². The fraction of sp³-hybridized carbons (Fsp3) is 0.889. The summed E-state index contributed by atoms with van der Waals surface area (Å²) in [6.45, 7) is 6.15. The molecule has 0 heterocycles. The van der Waals surface area contributed by atoms with Crippen LogP contribution in [0.1, 0.15) is 39.5 Å². The molecule has 0 spiro atoms. The molecule has 0 aliphatic rings. The molecule has 0 aromatic heterocycles. The third-order valence-electron chi connectivity index (χ3n) is 1.40. The van der Waals surface area contributed by atoms with Gasteiger partial charge in [-0.15, -0.1) is 0 Å². The Morgan fingerprint density at radius 3 is 2.08 bits per heavy atom. The van der Waals surface area contributed by atoms with E-state index in [0.29, 0.717) is 0 Å². The Kier molecular flexibility index (Phi) is 17.2. The maximum Gasteiger partial charge on any atom is 0.0739 e. The van der Waals surface area contributed by atoms with Crippen LogP contribution in [0.5, 0.6) is 0 Å². The van der Waals surface area contributed by atoms with Gasteiger partial charge in [0.05, 0.1) is 6.54 Å². The van der Waals surface area contributed by atoms with Gasteiger partial charge in [0.25, 0.3) is 0 Å². The Bertz CT molecular complexity index is 108. The van der Waals surface area contributed by atoms with Crippen molar-refractivity contribution >= 4 is 20.8 Å². The molecule has 0 bridgehead atoms. The third-order valence-corrected chi connectivity index (χ3v) is 1.71. The van der Waals surface area contributed by atoms with Crippen LogP contribution in [0.2, 0.25) is 0 Å². The molecule has 0 atom stereocenters. The predicted molar refractivity (Wildman–Crippen MR) is 56.7 cm³/mol. The van der Waals surface area contributed by atoms with Crippen LogP contribution in [0.3, 0.4) is 0 Å². The molecule has 0 radical (unpaired) electrons. The summed E-state index contributed by atoms with van der Waals surface area (Å²) in [4.78, 5) is 10.1. The van der Waals surface area contributed by atoms with Gasteiger partial charge in [-0.25, -0.2) is 0 Å². The van der Waals surface area contributed by atoms with Crippen molar-refractivity contribution in [2.45, 2.75) is 39.5 Å². The van der Waals surface area contributed by atoms with Crippen LogP contribution in [0.25, 0.3) is 0 Å². The first-order valence-electron chi connectivity index (χ1n) is 4.93. The molecular weight excluding hydrogens is 231 g/mol. The van der Waals surface area contributed by atoms with Crippen molar-refractivity contribution in [1.82, 2.24) is 5.32 Å². The number of unbranched alkanes of at least 4 members (excludes halogenated alkanes) is 2. The van der Waals surface area contributed by atoms with Gasteiger partial charge in [-0.2, -0.15) is 0 Å². The number of nitrogens with one attached hydrogen (secondary N) is 1. The molecule has 0 aromatic rings. The maximum atomic E-state index is 10.2. The molecule has 80 valence electrons. The number of hydrogen-bond donors (Lipinski definition) is 2. The van der Waals surface area contributed by atoms with Crippen molar-refractivity contribution in [2.24, 2.45) is 0 Å². The Hall–Kier alpha value is -0.0505. The van der Waals surface area contributed by atoms with Gasteiger partial charge in [0, 0.05) is 0 Å². The van der Waals surface area contributed by atoms with E-state index < -0.39 is 0 Å². The predicted octanol–water partition coefficient (Wildman–Crippen LogP) is 0.693. The molecule has 4 N–H and O–H groups in total. The van der Waals surface area contributed by atoms with Gasteiger partial charge < -0.3 is 5.73 Å². The van der Waals surface area contributed by atoms with Crippen LogP contribution in [0, 0.1) is 0 Å². The van der Waals surface area contributed by atoms with E-state index >= 15 is 0 Å². The van der Waals surface area contributed by atoms with Crippen LogP contribution in [0.15, 0.2) is 0 Å². The van der Waals surface area contributed by atoms with Crippen molar-refractivity contribution in [2.75, 3.05) is 13.1 Å². The van der Waals surface area contributed by atoms with E-state index in [9.17, 15) is 4.79 Å². The van der Waals surface area contributed by atoms with Gasteiger partial charge >= 0.3 is 57.2 Å². The fourth-order valence-electron chi connectivity index (χ4n) is 0.617. The number of amides is 1. The molecule has 0 saturated heterocycles. The quantitative estimate of drug-likeness (QED) is 0.550.